The molecule has 2 aromatic rings. The van der Waals surface area contributed by atoms with Crippen LogP contribution in [0.15, 0.2) is 36.5 Å². The number of anilines is 1. The molecular formula is C13H15N3. The minimum atomic E-state index is 0.558. The van der Waals surface area contributed by atoms with E-state index in [2.05, 4.69) is 23.0 Å². The molecule has 3 heteroatoms. The number of rotatable bonds is 3. The third kappa shape index (κ3) is 2.57. The first-order valence-corrected chi connectivity index (χ1v) is 5.43. The van der Waals surface area contributed by atoms with Gasteiger partial charge in [0.25, 0.3) is 0 Å². The molecule has 0 unspecified atom stereocenters. The molecule has 0 bridgehead atoms. The number of nitrogens with two attached hydrogens (primary N) is 1. The molecule has 0 amide bonds. The SMILES string of the molecule is CCc1ccc(Cc2cccc(N)n2)nc1. The first-order valence-electron chi connectivity index (χ1n) is 5.43. The second-order valence-corrected chi connectivity index (χ2v) is 3.74. The van der Waals surface area contributed by atoms with Gasteiger partial charge >= 0.3 is 0 Å². The molecule has 2 rings (SSSR count). The van der Waals surface area contributed by atoms with E-state index in [1.54, 1.807) is 6.07 Å². The summed E-state index contributed by atoms with van der Waals surface area (Å²) in [5.41, 5.74) is 8.86. The van der Waals surface area contributed by atoms with Gasteiger partial charge in [0.1, 0.15) is 5.82 Å². The van der Waals surface area contributed by atoms with Crippen LogP contribution in [-0.2, 0) is 12.8 Å². The maximum atomic E-state index is 5.63. The number of aryl methyl sites for hydroxylation is 1. The lowest BCUT2D eigenvalue weighted by atomic mass is 10.1. The summed E-state index contributed by atoms with van der Waals surface area (Å²) < 4.78 is 0. The Kier molecular flexibility index (Phi) is 3.15. The summed E-state index contributed by atoms with van der Waals surface area (Å²) >= 11 is 0. The molecule has 0 atom stereocenters. The smallest absolute Gasteiger partial charge is 0.123 e. The van der Waals surface area contributed by atoms with Crippen molar-refractivity contribution in [2.45, 2.75) is 19.8 Å². The van der Waals surface area contributed by atoms with Crippen molar-refractivity contribution in [1.82, 2.24) is 9.97 Å². The first kappa shape index (κ1) is 10.6. The van der Waals surface area contributed by atoms with Crippen LogP contribution in [0.4, 0.5) is 5.82 Å². The molecule has 0 aliphatic rings. The van der Waals surface area contributed by atoms with E-state index in [9.17, 15) is 0 Å². The fourth-order valence-corrected chi connectivity index (χ4v) is 1.55. The first-order chi connectivity index (χ1) is 7.78. The van der Waals surface area contributed by atoms with Crippen LogP contribution in [0.3, 0.4) is 0 Å². The average Bonchev–Trinajstić information content (AvgIpc) is 2.30. The summed E-state index contributed by atoms with van der Waals surface area (Å²) in [6.07, 6.45) is 3.67. The van der Waals surface area contributed by atoms with Crippen LogP contribution < -0.4 is 5.73 Å². The minimum Gasteiger partial charge on any atom is -0.384 e. The zero-order valence-electron chi connectivity index (χ0n) is 9.35. The zero-order valence-corrected chi connectivity index (χ0v) is 9.35. The lowest BCUT2D eigenvalue weighted by Gasteiger charge is -2.02. The van der Waals surface area contributed by atoms with E-state index in [4.69, 9.17) is 5.73 Å². The summed E-state index contributed by atoms with van der Waals surface area (Å²) in [5.74, 6) is 0.558. The zero-order chi connectivity index (χ0) is 11.4. The van der Waals surface area contributed by atoms with E-state index in [-0.39, 0.29) is 0 Å². The molecule has 3 nitrogen and oxygen atoms in total. The largest absolute Gasteiger partial charge is 0.384 e. The van der Waals surface area contributed by atoms with E-state index in [0.717, 1.165) is 24.2 Å². The van der Waals surface area contributed by atoms with Gasteiger partial charge < -0.3 is 5.73 Å². The van der Waals surface area contributed by atoms with Crippen molar-refractivity contribution in [3.8, 4) is 0 Å². The number of pyridine rings is 2. The summed E-state index contributed by atoms with van der Waals surface area (Å²) in [5, 5.41) is 0. The van der Waals surface area contributed by atoms with Crippen molar-refractivity contribution in [3.05, 3.63) is 53.5 Å². The summed E-state index contributed by atoms with van der Waals surface area (Å²) in [7, 11) is 0. The summed E-state index contributed by atoms with van der Waals surface area (Å²) in [6, 6.07) is 9.82. The molecule has 0 aliphatic carbocycles. The molecule has 0 saturated carbocycles. The molecule has 0 radical (unpaired) electrons. The Morgan fingerprint density at radius 2 is 2.00 bits per heavy atom. The lowest BCUT2D eigenvalue weighted by molar-refractivity contribution is 0.995. The normalized spacial score (nSPS) is 10.3. The van der Waals surface area contributed by atoms with E-state index in [1.165, 1.54) is 5.56 Å². The Hall–Kier alpha value is -1.90. The maximum absolute atomic E-state index is 5.63. The second kappa shape index (κ2) is 4.75. The molecular weight excluding hydrogens is 198 g/mol. The van der Waals surface area contributed by atoms with Gasteiger partial charge in [-0.2, -0.15) is 0 Å². The third-order valence-electron chi connectivity index (χ3n) is 2.48. The molecule has 2 heterocycles. The highest BCUT2D eigenvalue weighted by Crippen LogP contribution is 2.08. The number of hydrogen-bond donors (Lipinski definition) is 1. The quantitative estimate of drug-likeness (QED) is 0.850. The summed E-state index contributed by atoms with van der Waals surface area (Å²) in [4.78, 5) is 8.64. The highest BCUT2D eigenvalue weighted by molar-refractivity contribution is 5.30. The molecule has 0 spiro atoms. The molecule has 0 fully saturated rings. The van der Waals surface area contributed by atoms with Gasteiger partial charge in [0, 0.05) is 24.0 Å². The van der Waals surface area contributed by atoms with Gasteiger partial charge in [-0.25, -0.2) is 4.98 Å². The molecule has 0 saturated heterocycles. The summed E-state index contributed by atoms with van der Waals surface area (Å²) in [6.45, 7) is 2.12. The van der Waals surface area contributed by atoms with E-state index < -0.39 is 0 Å². The van der Waals surface area contributed by atoms with Crippen molar-refractivity contribution in [2.24, 2.45) is 0 Å². The van der Waals surface area contributed by atoms with Gasteiger partial charge in [-0.15, -0.1) is 0 Å². The monoisotopic (exact) mass is 213 g/mol. The number of nitrogen functional groups attached to an aromatic ring is 1. The highest BCUT2D eigenvalue weighted by atomic mass is 14.8. The van der Waals surface area contributed by atoms with Gasteiger partial charge in [0.15, 0.2) is 0 Å². The Bertz CT molecular complexity index is 463. The fraction of sp³-hybridized carbons (Fsp3) is 0.231. The topological polar surface area (TPSA) is 51.8 Å². The van der Waals surface area contributed by atoms with E-state index in [1.807, 2.05) is 24.4 Å². The van der Waals surface area contributed by atoms with Gasteiger partial charge in [-0.1, -0.05) is 19.1 Å². The minimum absolute atomic E-state index is 0.558. The molecule has 0 aliphatic heterocycles. The Balaban J connectivity index is 2.14. The maximum Gasteiger partial charge on any atom is 0.123 e. The van der Waals surface area contributed by atoms with Gasteiger partial charge in [-0.3, -0.25) is 4.98 Å². The van der Waals surface area contributed by atoms with Crippen LogP contribution in [0.1, 0.15) is 23.9 Å². The van der Waals surface area contributed by atoms with Crippen molar-refractivity contribution < 1.29 is 0 Å². The van der Waals surface area contributed by atoms with E-state index in [0.29, 0.717) is 5.82 Å². The fourth-order valence-electron chi connectivity index (χ4n) is 1.55. The van der Waals surface area contributed by atoms with Crippen LogP contribution in [0, 0.1) is 0 Å². The average molecular weight is 213 g/mol. The van der Waals surface area contributed by atoms with Crippen molar-refractivity contribution >= 4 is 5.82 Å². The number of nitrogens with zero attached hydrogens (tertiary/aromatic N) is 2. The van der Waals surface area contributed by atoms with E-state index >= 15 is 0 Å². The highest BCUT2D eigenvalue weighted by Gasteiger charge is 1.99. The molecule has 2 aromatic heterocycles. The van der Waals surface area contributed by atoms with Gasteiger partial charge in [-0.05, 0) is 30.2 Å². The number of aromatic nitrogens is 2. The van der Waals surface area contributed by atoms with Crippen LogP contribution in [0.25, 0.3) is 0 Å². The van der Waals surface area contributed by atoms with Crippen molar-refractivity contribution in [2.75, 3.05) is 5.73 Å². The van der Waals surface area contributed by atoms with Gasteiger partial charge in [0.05, 0.1) is 0 Å². The van der Waals surface area contributed by atoms with Crippen molar-refractivity contribution in [3.63, 3.8) is 0 Å². The van der Waals surface area contributed by atoms with Crippen molar-refractivity contribution in [1.29, 1.82) is 0 Å². The molecule has 82 valence electrons. The molecule has 16 heavy (non-hydrogen) atoms. The van der Waals surface area contributed by atoms with Crippen LogP contribution in [0.2, 0.25) is 0 Å². The predicted molar refractivity (Wildman–Crippen MR) is 65.1 cm³/mol. The van der Waals surface area contributed by atoms with Crippen LogP contribution >= 0.6 is 0 Å². The lowest BCUT2D eigenvalue weighted by Crippen LogP contribution is -1.98. The van der Waals surface area contributed by atoms with Gasteiger partial charge in [0.2, 0.25) is 0 Å². The molecule has 0 aromatic carbocycles. The van der Waals surface area contributed by atoms with Crippen LogP contribution in [-0.4, -0.2) is 9.97 Å². The standard InChI is InChI=1S/C13H15N3/c1-2-10-6-7-11(15-9-10)8-12-4-3-5-13(14)16-12/h3-7,9H,2,8H2,1H3,(H2,14,16). The second-order valence-electron chi connectivity index (χ2n) is 3.74. The van der Waals surface area contributed by atoms with Crippen LogP contribution in [0.5, 0.6) is 0 Å². The Morgan fingerprint density at radius 1 is 1.12 bits per heavy atom. The molecule has 2 N–H and O–H groups in total. The Morgan fingerprint density at radius 3 is 2.62 bits per heavy atom. The number of hydrogen-bond acceptors (Lipinski definition) is 3. The third-order valence-corrected chi connectivity index (χ3v) is 2.48. The Labute approximate surface area is 95.4 Å². The predicted octanol–water partition coefficient (Wildman–Crippen LogP) is 2.21.